The number of hydrogen-bond acceptors (Lipinski definition) is 3. The SMILES string of the molecule is [2H]C([2H])([2H])c1cc(-c2cc(C([2H])(C)C)cc(C([2H])(C)C)c2)ccc1-n1c(-c2cc(C(C)(C)C)cc(C)c2O)nc2c(-c3[c-]c(-c4cc(-c5ccc(C)cc5)ccn4)cc(C(C)(C)C)c3)cccc21.[Pt]. The second-order valence-electron chi connectivity index (χ2n) is 19.7. The van der Waals surface area contributed by atoms with Gasteiger partial charge >= 0.3 is 0 Å². The van der Waals surface area contributed by atoms with Crippen molar-refractivity contribution in [1.29, 1.82) is 0 Å². The molecule has 0 unspecified atom stereocenters. The van der Waals surface area contributed by atoms with Gasteiger partial charge in [-0.15, -0.1) is 29.3 Å². The molecule has 0 fully saturated rings. The van der Waals surface area contributed by atoms with Gasteiger partial charge in [-0.2, -0.15) is 0 Å². The molecule has 8 rings (SSSR count). The first-order valence-electron chi connectivity index (χ1n) is 24.4. The van der Waals surface area contributed by atoms with E-state index in [1.54, 1.807) is 6.07 Å². The first-order chi connectivity index (χ1) is 31.6. The summed E-state index contributed by atoms with van der Waals surface area (Å²) in [5.41, 5.74) is 13.9. The Morgan fingerprint density at radius 2 is 1.27 bits per heavy atom. The van der Waals surface area contributed by atoms with Gasteiger partial charge in [0.15, 0.2) is 0 Å². The molecule has 2 heterocycles. The molecule has 64 heavy (non-hydrogen) atoms. The summed E-state index contributed by atoms with van der Waals surface area (Å²) in [6.45, 7) is 21.6. The molecule has 330 valence electrons. The van der Waals surface area contributed by atoms with Gasteiger partial charge in [-0.3, -0.25) is 9.55 Å². The van der Waals surface area contributed by atoms with E-state index in [0.29, 0.717) is 39.2 Å². The van der Waals surface area contributed by atoms with Crippen molar-refractivity contribution in [2.24, 2.45) is 0 Å². The van der Waals surface area contributed by atoms with Crippen LogP contribution in [0.25, 0.3) is 72.7 Å². The molecule has 0 aliphatic carbocycles. The van der Waals surface area contributed by atoms with Gasteiger partial charge in [0.2, 0.25) is 0 Å². The number of hydrogen-bond donors (Lipinski definition) is 1. The number of nitrogens with zero attached hydrogens (tertiary/aromatic N) is 3. The largest absolute Gasteiger partial charge is 0.507 e. The van der Waals surface area contributed by atoms with Gasteiger partial charge in [0.05, 0.1) is 22.3 Å². The van der Waals surface area contributed by atoms with E-state index in [0.717, 1.165) is 61.3 Å². The second-order valence-corrected chi connectivity index (χ2v) is 19.7. The van der Waals surface area contributed by atoms with E-state index in [1.807, 2.05) is 112 Å². The summed E-state index contributed by atoms with van der Waals surface area (Å²) in [5, 5.41) is 12.0. The molecule has 0 amide bonds. The van der Waals surface area contributed by atoms with Crippen molar-refractivity contribution in [1.82, 2.24) is 14.5 Å². The molecule has 0 aliphatic rings. The van der Waals surface area contributed by atoms with Crippen LogP contribution in [-0.4, -0.2) is 19.6 Å². The summed E-state index contributed by atoms with van der Waals surface area (Å²) in [7, 11) is 0. The standard InChI is InChI=1S/C59H62N3O.Pt/c1-35(2)43-27-44(36(3)4)29-45(28-43)41-21-22-53(38(6)25-41)62-54-16-14-15-50(55(54)61-57(62)51-34-48(58(8,9)10)26-39(7)56(51)63)46-30-47(32-49(31-46)59(11,12)13)52-33-42(23-24-60-52)40-19-17-37(5)18-20-40;/h14-29,31-36,63H,1-13H3;/q-1;/i6D3,35D,36D;. The Labute approximate surface area is 403 Å². The zero-order valence-electron chi connectivity index (χ0n) is 44.2. The molecule has 0 spiro atoms. The average Bonchev–Trinajstić information content (AvgIpc) is 3.65. The molecule has 0 radical (unpaired) electrons. The molecule has 0 saturated carbocycles. The van der Waals surface area contributed by atoms with Crippen LogP contribution in [0.3, 0.4) is 0 Å². The Balaban J connectivity index is 0.00000703. The van der Waals surface area contributed by atoms with Crippen molar-refractivity contribution in [3.63, 3.8) is 0 Å². The van der Waals surface area contributed by atoms with Crippen molar-refractivity contribution < 1.29 is 33.0 Å². The van der Waals surface area contributed by atoms with Crippen LogP contribution in [0.5, 0.6) is 5.75 Å². The molecule has 2 aromatic heterocycles. The van der Waals surface area contributed by atoms with E-state index in [9.17, 15) is 5.11 Å². The van der Waals surface area contributed by atoms with Gasteiger partial charge in [0.25, 0.3) is 0 Å². The molecule has 4 nitrogen and oxygen atoms in total. The van der Waals surface area contributed by atoms with E-state index < -0.39 is 18.6 Å². The van der Waals surface area contributed by atoms with E-state index in [1.165, 1.54) is 5.56 Å². The van der Waals surface area contributed by atoms with Gasteiger partial charge in [-0.25, -0.2) is 4.98 Å². The fourth-order valence-corrected chi connectivity index (χ4v) is 8.20. The number of benzene rings is 6. The van der Waals surface area contributed by atoms with Gasteiger partial charge in [-0.1, -0.05) is 159 Å². The van der Waals surface area contributed by atoms with Crippen LogP contribution in [0.15, 0.2) is 121 Å². The fraction of sp³-hybridized carbons (Fsp3) is 0.288. The molecule has 0 aliphatic heterocycles. The zero-order chi connectivity index (χ0) is 49.5. The quantitative estimate of drug-likeness (QED) is 0.154. The Kier molecular flexibility index (Phi) is 11.1. The number of rotatable bonds is 8. The number of aryl methyl sites for hydroxylation is 3. The van der Waals surface area contributed by atoms with Gasteiger partial charge in [-0.05, 0) is 124 Å². The summed E-state index contributed by atoms with van der Waals surface area (Å²) < 4.78 is 46.9. The maximum absolute atomic E-state index is 12.0. The first kappa shape index (κ1) is 40.0. The monoisotopic (exact) mass is 1030 g/mol. The number of aromatic nitrogens is 3. The van der Waals surface area contributed by atoms with Crippen molar-refractivity contribution in [3.05, 3.63) is 166 Å². The summed E-state index contributed by atoms with van der Waals surface area (Å²) in [4.78, 5) is 10.3. The van der Waals surface area contributed by atoms with Crippen LogP contribution in [0, 0.1) is 26.8 Å². The summed E-state index contributed by atoms with van der Waals surface area (Å²) in [6.07, 6.45) is 1.84. The van der Waals surface area contributed by atoms with Gasteiger partial charge < -0.3 is 5.11 Å². The normalized spacial score (nSPS) is 13.7. The molecular formula is C59H62N3OPt-. The number of imidazole rings is 1. The Morgan fingerprint density at radius 1 is 0.641 bits per heavy atom. The number of phenols is 1. The summed E-state index contributed by atoms with van der Waals surface area (Å²) in [6, 6.07) is 41.8. The summed E-state index contributed by atoms with van der Waals surface area (Å²) in [5.74, 6) is -1.46. The van der Waals surface area contributed by atoms with Crippen LogP contribution in [-0.2, 0) is 31.9 Å². The maximum Gasteiger partial charge on any atom is 0.148 e. The number of pyridine rings is 1. The van der Waals surface area contributed by atoms with E-state index in [2.05, 4.69) is 97.0 Å². The van der Waals surface area contributed by atoms with Crippen LogP contribution < -0.4 is 0 Å². The fourth-order valence-electron chi connectivity index (χ4n) is 8.20. The summed E-state index contributed by atoms with van der Waals surface area (Å²) >= 11 is 0. The smallest absolute Gasteiger partial charge is 0.148 e. The average molecular weight is 1030 g/mol. The molecule has 6 aromatic carbocycles. The number of phenolic OH excluding ortho intramolecular Hbond substituents is 1. The number of para-hydroxylation sites is 1. The topological polar surface area (TPSA) is 50.9 Å². The molecular weight excluding hydrogens is 962 g/mol. The predicted octanol–water partition coefficient (Wildman–Crippen LogP) is 16.0. The Morgan fingerprint density at radius 3 is 1.91 bits per heavy atom. The van der Waals surface area contributed by atoms with Crippen molar-refractivity contribution >= 4 is 11.0 Å². The van der Waals surface area contributed by atoms with E-state index in [-0.39, 0.29) is 43.2 Å². The van der Waals surface area contributed by atoms with Crippen LogP contribution in [0.1, 0.15) is 127 Å². The Hall–Kier alpha value is -5.57. The second kappa shape index (κ2) is 17.8. The minimum Gasteiger partial charge on any atom is -0.507 e. The molecule has 0 bridgehead atoms. The third-order valence-corrected chi connectivity index (χ3v) is 12.2. The molecule has 5 heteroatoms. The minimum absolute atomic E-state index is 0. The van der Waals surface area contributed by atoms with Crippen molar-refractivity contribution in [2.45, 2.75) is 113 Å². The number of fused-ring (bicyclic) bond motifs is 1. The first-order valence-corrected chi connectivity index (χ1v) is 21.9. The van der Waals surface area contributed by atoms with Gasteiger partial charge in [0.1, 0.15) is 11.6 Å². The number of aromatic hydroxyl groups is 1. The predicted molar refractivity (Wildman–Crippen MR) is 266 cm³/mol. The molecule has 0 atom stereocenters. The third-order valence-electron chi connectivity index (χ3n) is 12.2. The van der Waals surface area contributed by atoms with Crippen LogP contribution in [0.2, 0.25) is 0 Å². The minimum atomic E-state index is -2.59. The molecule has 1 N–H and O–H groups in total. The van der Waals surface area contributed by atoms with Crippen molar-refractivity contribution in [3.8, 4) is 67.5 Å². The van der Waals surface area contributed by atoms with Crippen LogP contribution >= 0.6 is 0 Å². The third kappa shape index (κ3) is 9.18. The van der Waals surface area contributed by atoms with E-state index in [4.69, 9.17) is 16.8 Å². The van der Waals surface area contributed by atoms with Crippen LogP contribution in [0.4, 0.5) is 0 Å². The maximum atomic E-state index is 12.0. The Bertz CT molecular complexity index is 3200. The zero-order valence-corrected chi connectivity index (χ0v) is 41.4. The van der Waals surface area contributed by atoms with E-state index >= 15 is 0 Å². The molecule has 8 aromatic rings. The molecule has 0 saturated heterocycles. The van der Waals surface area contributed by atoms with Gasteiger partial charge in [0, 0.05) is 39.8 Å². The van der Waals surface area contributed by atoms with Crippen molar-refractivity contribution in [2.75, 3.05) is 0 Å².